The van der Waals surface area contributed by atoms with E-state index in [4.69, 9.17) is 0 Å². The molecule has 1 heterocycles. The van der Waals surface area contributed by atoms with Gasteiger partial charge in [0.25, 0.3) is 0 Å². The highest BCUT2D eigenvalue weighted by Crippen LogP contribution is 2.42. The van der Waals surface area contributed by atoms with E-state index in [0.717, 1.165) is 12.5 Å². The summed E-state index contributed by atoms with van der Waals surface area (Å²) in [4.78, 5) is 5.79. The molecule has 1 saturated carbocycles. The van der Waals surface area contributed by atoms with Gasteiger partial charge >= 0.3 is 0 Å². The predicted molar refractivity (Wildman–Crippen MR) is 60.6 cm³/mol. The van der Waals surface area contributed by atoms with Crippen molar-refractivity contribution in [3.63, 3.8) is 0 Å². The first-order valence-corrected chi connectivity index (χ1v) is 6.34. The lowest BCUT2D eigenvalue weighted by Gasteiger charge is -2.16. The Kier molecular flexibility index (Phi) is 3.19. The number of nitrogens with one attached hydrogen (secondary N) is 1. The van der Waals surface area contributed by atoms with Gasteiger partial charge in [-0.25, -0.2) is 4.98 Å². The topological polar surface area (TPSA) is 24.9 Å². The second kappa shape index (κ2) is 4.41. The molecule has 1 aliphatic rings. The molecule has 0 saturated heterocycles. The minimum Gasteiger partial charge on any atom is -0.309 e. The van der Waals surface area contributed by atoms with E-state index in [-0.39, 0.29) is 0 Å². The third-order valence-electron chi connectivity index (χ3n) is 2.77. The van der Waals surface area contributed by atoms with E-state index < -0.39 is 0 Å². The molecule has 1 aromatic heterocycles. The first kappa shape index (κ1) is 10.1. The summed E-state index contributed by atoms with van der Waals surface area (Å²) in [6.07, 6.45) is 3.98. The van der Waals surface area contributed by atoms with Gasteiger partial charge in [-0.15, -0.1) is 11.3 Å². The summed E-state index contributed by atoms with van der Waals surface area (Å²) in [5.74, 6) is 0.876. The van der Waals surface area contributed by atoms with E-state index >= 15 is 0 Å². The zero-order valence-electron chi connectivity index (χ0n) is 8.92. The molecule has 1 unspecified atom stereocenters. The van der Waals surface area contributed by atoms with E-state index in [9.17, 15) is 0 Å². The average molecular weight is 210 g/mol. The number of hydrogen-bond donors (Lipinski definition) is 1. The lowest BCUT2D eigenvalue weighted by atomic mass is 10.1. The van der Waals surface area contributed by atoms with E-state index in [0.29, 0.717) is 6.04 Å². The molecule has 2 nitrogen and oxygen atoms in total. The van der Waals surface area contributed by atoms with Crippen LogP contribution in [0.5, 0.6) is 0 Å². The molecule has 1 fully saturated rings. The summed E-state index contributed by atoms with van der Waals surface area (Å²) in [5, 5.41) is 3.64. The number of hydrogen-bond acceptors (Lipinski definition) is 3. The van der Waals surface area contributed by atoms with Crippen LogP contribution in [-0.4, -0.2) is 11.5 Å². The van der Waals surface area contributed by atoms with Gasteiger partial charge in [0.2, 0.25) is 0 Å². The summed E-state index contributed by atoms with van der Waals surface area (Å²) < 4.78 is 0. The smallest absolute Gasteiger partial charge is 0.0798 e. The summed E-state index contributed by atoms with van der Waals surface area (Å²) in [6, 6.07) is 0.586. The van der Waals surface area contributed by atoms with Crippen molar-refractivity contribution >= 4 is 11.3 Å². The standard InChI is InChI=1S/C11H18N2S/c1-3-6-12-10(9-4-5-9)11-8(2)13-7-14-11/h7,9-10,12H,3-6H2,1-2H3. The summed E-state index contributed by atoms with van der Waals surface area (Å²) in [7, 11) is 0. The Labute approximate surface area is 89.8 Å². The Hall–Kier alpha value is -0.410. The first-order valence-electron chi connectivity index (χ1n) is 5.46. The summed E-state index contributed by atoms with van der Waals surface area (Å²) >= 11 is 1.80. The van der Waals surface area contributed by atoms with Gasteiger partial charge < -0.3 is 5.32 Å². The SMILES string of the molecule is CCCNC(c1scnc1C)C1CC1. The van der Waals surface area contributed by atoms with Crippen molar-refractivity contribution in [2.75, 3.05) is 6.54 Å². The van der Waals surface area contributed by atoms with Crippen molar-refractivity contribution < 1.29 is 0 Å². The van der Waals surface area contributed by atoms with Gasteiger partial charge in [-0.3, -0.25) is 0 Å². The van der Waals surface area contributed by atoms with Gasteiger partial charge in [0.1, 0.15) is 0 Å². The molecule has 1 aliphatic carbocycles. The predicted octanol–water partition coefficient (Wildman–Crippen LogP) is 2.90. The zero-order valence-corrected chi connectivity index (χ0v) is 9.73. The van der Waals surface area contributed by atoms with Gasteiger partial charge in [-0.2, -0.15) is 0 Å². The van der Waals surface area contributed by atoms with Crippen LogP contribution in [0.25, 0.3) is 0 Å². The maximum atomic E-state index is 4.33. The van der Waals surface area contributed by atoms with Crippen LogP contribution in [0.4, 0.5) is 0 Å². The van der Waals surface area contributed by atoms with Crippen LogP contribution in [0.1, 0.15) is 42.8 Å². The molecule has 78 valence electrons. The fraction of sp³-hybridized carbons (Fsp3) is 0.727. The van der Waals surface area contributed by atoms with Gasteiger partial charge in [0, 0.05) is 10.9 Å². The van der Waals surface area contributed by atoms with E-state index in [1.807, 2.05) is 5.51 Å². The van der Waals surface area contributed by atoms with E-state index in [1.165, 1.54) is 29.8 Å². The second-order valence-corrected chi connectivity index (χ2v) is 4.96. The summed E-state index contributed by atoms with van der Waals surface area (Å²) in [6.45, 7) is 5.46. The van der Waals surface area contributed by atoms with Crippen LogP contribution in [0, 0.1) is 12.8 Å². The van der Waals surface area contributed by atoms with E-state index in [1.54, 1.807) is 11.3 Å². The number of rotatable bonds is 5. The Morgan fingerprint density at radius 1 is 1.64 bits per heavy atom. The number of thiazole rings is 1. The molecular formula is C11H18N2S. The maximum Gasteiger partial charge on any atom is 0.0798 e. The lowest BCUT2D eigenvalue weighted by molar-refractivity contribution is 0.485. The number of nitrogens with zero attached hydrogens (tertiary/aromatic N) is 1. The maximum absolute atomic E-state index is 4.33. The molecule has 1 aromatic rings. The normalized spacial score (nSPS) is 18.4. The van der Waals surface area contributed by atoms with Crippen molar-refractivity contribution in [3.05, 3.63) is 16.1 Å². The van der Waals surface area contributed by atoms with Crippen LogP contribution < -0.4 is 5.32 Å². The number of aryl methyl sites for hydroxylation is 1. The highest BCUT2D eigenvalue weighted by Gasteiger charge is 2.33. The molecule has 0 radical (unpaired) electrons. The lowest BCUT2D eigenvalue weighted by Crippen LogP contribution is -2.23. The first-order chi connectivity index (χ1) is 6.83. The minimum atomic E-state index is 0.586. The Balaban J connectivity index is 2.06. The molecule has 0 aliphatic heterocycles. The van der Waals surface area contributed by atoms with Crippen LogP contribution in [-0.2, 0) is 0 Å². The minimum absolute atomic E-state index is 0.586. The fourth-order valence-corrected chi connectivity index (χ4v) is 2.78. The molecule has 0 aromatic carbocycles. The van der Waals surface area contributed by atoms with Crippen molar-refractivity contribution in [2.45, 2.75) is 39.2 Å². The molecule has 0 bridgehead atoms. The molecule has 1 N–H and O–H groups in total. The van der Waals surface area contributed by atoms with Crippen molar-refractivity contribution in [2.24, 2.45) is 5.92 Å². The van der Waals surface area contributed by atoms with Gasteiger partial charge in [-0.05, 0) is 38.6 Å². The van der Waals surface area contributed by atoms with Gasteiger partial charge in [-0.1, -0.05) is 6.92 Å². The molecule has 14 heavy (non-hydrogen) atoms. The van der Waals surface area contributed by atoms with Crippen molar-refractivity contribution in [3.8, 4) is 0 Å². The molecule has 0 spiro atoms. The van der Waals surface area contributed by atoms with Gasteiger partial charge in [0.15, 0.2) is 0 Å². The quantitative estimate of drug-likeness (QED) is 0.808. The van der Waals surface area contributed by atoms with Crippen LogP contribution in [0.2, 0.25) is 0 Å². The van der Waals surface area contributed by atoms with Gasteiger partial charge in [0.05, 0.1) is 11.2 Å². The molecule has 1 atom stereocenters. The van der Waals surface area contributed by atoms with Crippen LogP contribution in [0.15, 0.2) is 5.51 Å². The Morgan fingerprint density at radius 3 is 2.93 bits per heavy atom. The highest BCUT2D eigenvalue weighted by atomic mass is 32.1. The zero-order chi connectivity index (χ0) is 9.97. The molecule has 2 rings (SSSR count). The Morgan fingerprint density at radius 2 is 2.43 bits per heavy atom. The van der Waals surface area contributed by atoms with Crippen molar-refractivity contribution in [1.29, 1.82) is 0 Å². The molecule has 3 heteroatoms. The van der Waals surface area contributed by atoms with E-state index in [2.05, 4.69) is 24.1 Å². The molecular weight excluding hydrogens is 192 g/mol. The molecule has 0 amide bonds. The average Bonchev–Trinajstić information content (AvgIpc) is 2.92. The third kappa shape index (κ3) is 2.15. The monoisotopic (exact) mass is 210 g/mol. The second-order valence-electron chi connectivity index (χ2n) is 4.07. The van der Waals surface area contributed by atoms with Crippen LogP contribution >= 0.6 is 11.3 Å². The highest BCUT2D eigenvalue weighted by molar-refractivity contribution is 7.09. The number of aromatic nitrogens is 1. The fourth-order valence-electron chi connectivity index (χ4n) is 1.81. The summed E-state index contributed by atoms with van der Waals surface area (Å²) in [5.41, 5.74) is 3.18. The van der Waals surface area contributed by atoms with Crippen molar-refractivity contribution in [1.82, 2.24) is 10.3 Å². The van der Waals surface area contributed by atoms with Crippen LogP contribution in [0.3, 0.4) is 0 Å². The largest absolute Gasteiger partial charge is 0.309 e. The third-order valence-corrected chi connectivity index (χ3v) is 3.79. The Bertz CT molecular complexity index is 291.